The second-order valence-electron chi connectivity index (χ2n) is 9.11. The third-order valence-electron chi connectivity index (χ3n) is 6.67. The Labute approximate surface area is 237 Å². The highest BCUT2D eigenvalue weighted by Crippen LogP contribution is 2.51. The monoisotopic (exact) mass is 588 g/mol. The van der Waals surface area contributed by atoms with Crippen molar-refractivity contribution in [2.24, 2.45) is 0 Å². The lowest BCUT2D eigenvalue weighted by atomic mass is 9.75. The van der Waals surface area contributed by atoms with Crippen LogP contribution in [0.25, 0.3) is 0 Å². The number of amides is 2. The minimum Gasteiger partial charge on any atom is -0.497 e. The van der Waals surface area contributed by atoms with Gasteiger partial charge in [0.15, 0.2) is 0 Å². The van der Waals surface area contributed by atoms with Crippen LogP contribution in [0.4, 0.5) is 5.69 Å². The molecule has 0 bridgehead atoms. The molecule has 1 aromatic heterocycles. The van der Waals surface area contributed by atoms with Crippen LogP contribution in [-0.4, -0.2) is 78.6 Å². The van der Waals surface area contributed by atoms with E-state index in [-0.39, 0.29) is 46.2 Å². The second kappa shape index (κ2) is 11.3. The van der Waals surface area contributed by atoms with Gasteiger partial charge < -0.3 is 24.4 Å². The molecule has 4 rings (SSSR count). The average molecular weight is 589 g/mol. The number of benzene rings is 2. The minimum atomic E-state index is -4.54. The molecule has 3 aromatic rings. The summed E-state index contributed by atoms with van der Waals surface area (Å²) < 4.78 is 45.3. The van der Waals surface area contributed by atoms with Crippen molar-refractivity contribution in [2.75, 3.05) is 52.8 Å². The fraction of sp³-hybridized carbons (Fsp3) is 0.296. The number of aromatic nitrogens is 1. The summed E-state index contributed by atoms with van der Waals surface area (Å²) in [5, 5.41) is 3.32. The summed E-state index contributed by atoms with van der Waals surface area (Å²) in [6.07, 6.45) is 1.49. The van der Waals surface area contributed by atoms with Gasteiger partial charge in [-0.1, -0.05) is 17.7 Å². The number of ether oxygens (including phenoxy) is 3. The number of fused-ring (bicyclic) bond motifs is 1. The summed E-state index contributed by atoms with van der Waals surface area (Å²) in [7, 11) is 2.84. The van der Waals surface area contributed by atoms with Crippen LogP contribution in [0, 0.1) is 0 Å². The highest BCUT2D eigenvalue weighted by molar-refractivity contribution is 7.93. The molecule has 2 aromatic carbocycles. The molecule has 0 fully saturated rings. The van der Waals surface area contributed by atoms with E-state index in [1.807, 2.05) is 0 Å². The Bertz CT molecular complexity index is 1560. The lowest BCUT2D eigenvalue weighted by Gasteiger charge is -2.30. The van der Waals surface area contributed by atoms with Gasteiger partial charge in [0.05, 0.1) is 33.6 Å². The number of hydrogen-bond acceptors (Lipinski definition) is 9. The Hall–Kier alpha value is -3.87. The van der Waals surface area contributed by atoms with Crippen LogP contribution in [-0.2, 0) is 25.0 Å². The van der Waals surface area contributed by atoms with Gasteiger partial charge in [-0.15, -0.1) is 0 Å². The number of halogens is 1. The highest BCUT2D eigenvalue weighted by atomic mass is 35.5. The number of rotatable bonds is 10. The summed E-state index contributed by atoms with van der Waals surface area (Å²) in [5.41, 5.74) is -0.981. The van der Waals surface area contributed by atoms with Gasteiger partial charge in [0.2, 0.25) is 11.8 Å². The van der Waals surface area contributed by atoms with Crippen LogP contribution in [0.5, 0.6) is 17.4 Å². The topological polar surface area (TPSA) is 127 Å². The van der Waals surface area contributed by atoms with Gasteiger partial charge in [0.1, 0.15) is 21.8 Å². The highest BCUT2D eigenvalue weighted by Gasteiger charge is 2.57. The zero-order valence-electron chi connectivity index (χ0n) is 22.6. The van der Waals surface area contributed by atoms with Crippen molar-refractivity contribution in [1.29, 1.82) is 0 Å². The largest absolute Gasteiger partial charge is 0.497 e. The zero-order chi connectivity index (χ0) is 29.2. The van der Waals surface area contributed by atoms with Gasteiger partial charge in [-0.25, -0.2) is 17.7 Å². The Morgan fingerprint density at radius 3 is 2.45 bits per heavy atom. The van der Waals surface area contributed by atoms with Crippen LogP contribution in [0.15, 0.2) is 59.6 Å². The van der Waals surface area contributed by atoms with Gasteiger partial charge in [-0.05, 0) is 42.0 Å². The van der Waals surface area contributed by atoms with E-state index in [1.54, 1.807) is 26.2 Å². The van der Waals surface area contributed by atoms with E-state index in [2.05, 4.69) is 10.3 Å². The fourth-order valence-electron chi connectivity index (χ4n) is 4.67. The molecule has 0 spiro atoms. The molecule has 212 valence electrons. The third-order valence-corrected chi connectivity index (χ3v) is 8.64. The van der Waals surface area contributed by atoms with Crippen molar-refractivity contribution in [2.45, 2.75) is 10.3 Å². The fourth-order valence-corrected chi connectivity index (χ4v) is 6.47. The molecule has 0 aliphatic carbocycles. The number of carbonyl (C=O) groups excluding carboxylic acids is 2. The van der Waals surface area contributed by atoms with E-state index in [1.165, 1.54) is 68.8 Å². The molecule has 1 unspecified atom stereocenters. The maximum absolute atomic E-state index is 14.6. The lowest BCUT2D eigenvalue weighted by molar-refractivity contribution is -0.128. The zero-order valence-corrected chi connectivity index (χ0v) is 24.2. The molecule has 1 N–H and O–H groups in total. The molecule has 40 heavy (non-hydrogen) atoms. The van der Waals surface area contributed by atoms with E-state index in [4.69, 9.17) is 25.8 Å². The van der Waals surface area contributed by atoms with E-state index < -0.39 is 21.3 Å². The number of nitrogens with one attached hydrogen (secondary N) is 1. The van der Waals surface area contributed by atoms with Crippen molar-refractivity contribution in [3.05, 3.63) is 70.9 Å². The number of carbonyl (C=O) groups is 2. The first kappa shape index (κ1) is 29.1. The summed E-state index contributed by atoms with van der Waals surface area (Å²) in [6, 6.07) is 12.0. The van der Waals surface area contributed by atoms with Crippen LogP contribution in [0.3, 0.4) is 0 Å². The maximum atomic E-state index is 14.6. The summed E-state index contributed by atoms with van der Waals surface area (Å²) in [5.74, 6) is -0.561. The summed E-state index contributed by atoms with van der Waals surface area (Å²) >= 11 is 6.40. The number of methoxy groups -OCH3 is 3. The predicted octanol–water partition coefficient (Wildman–Crippen LogP) is 2.46. The number of sulfonamides is 1. The predicted molar refractivity (Wildman–Crippen MR) is 149 cm³/mol. The molecule has 11 nitrogen and oxygen atoms in total. The van der Waals surface area contributed by atoms with E-state index in [0.29, 0.717) is 16.9 Å². The number of likely N-dealkylation sites (N-methyl/N-ethyl adjacent to an activating group) is 1. The maximum Gasteiger partial charge on any atom is 0.274 e. The van der Waals surface area contributed by atoms with Crippen molar-refractivity contribution >= 4 is 39.1 Å². The molecule has 1 aliphatic rings. The summed E-state index contributed by atoms with van der Waals surface area (Å²) in [6.45, 7) is -0.272. The molecule has 0 saturated carbocycles. The average Bonchev–Trinajstić information content (AvgIpc) is 3.20. The smallest absolute Gasteiger partial charge is 0.274 e. The van der Waals surface area contributed by atoms with Crippen molar-refractivity contribution in [1.82, 2.24) is 15.2 Å². The van der Waals surface area contributed by atoms with Crippen molar-refractivity contribution < 1.29 is 32.2 Å². The van der Waals surface area contributed by atoms with Gasteiger partial charge in [0.25, 0.3) is 15.9 Å². The van der Waals surface area contributed by atoms with E-state index in [9.17, 15) is 18.0 Å². The van der Waals surface area contributed by atoms with Crippen LogP contribution >= 0.6 is 11.6 Å². The second-order valence-corrected chi connectivity index (χ2v) is 11.3. The molecule has 13 heteroatoms. The third kappa shape index (κ3) is 4.82. The van der Waals surface area contributed by atoms with Gasteiger partial charge in [0, 0.05) is 43.5 Å². The van der Waals surface area contributed by atoms with Crippen LogP contribution in [0.1, 0.15) is 11.1 Å². The molecule has 0 saturated heterocycles. The SMILES string of the molecule is COc1ccc(S(=O)(=O)N2C(=O)C(CNCC(=O)N(C)C)(c3cccnc3OC)c3cc(Cl)ccc32)c(OC)c1. The van der Waals surface area contributed by atoms with Gasteiger partial charge in [-0.3, -0.25) is 9.59 Å². The van der Waals surface area contributed by atoms with Gasteiger partial charge >= 0.3 is 0 Å². The normalized spacial score (nSPS) is 16.4. The molecule has 1 aliphatic heterocycles. The lowest BCUT2D eigenvalue weighted by Crippen LogP contribution is -2.50. The minimum absolute atomic E-state index is 0.00572. The van der Waals surface area contributed by atoms with Crippen molar-refractivity contribution in [3.8, 4) is 17.4 Å². The number of nitrogens with zero attached hydrogens (tertiary/aromatic N) is 3. The number of anilines is 1. The van der Waals surface area contributed by atoms with E-state index in [0.717, 1.165) is 4.31 Å². The molecule has 0 radical (unpaired) electrons. The van der Waals surface area contributed by atoms with Crippen molar-refractivity contribution in [3.63, 3.8) is 0 Å². The summed E-state index contributed by atoms with van der Waals surface area (Å²) in [4.78, 5) is 32.4. The first-order valence-corrected chi connectivity index (χ1v) is 13.9. The number of hydrogen-bond donors (Lipinski definition) is 1. The molecular weight excluding hydrogens is 560 g/mol. The Kier molecular flexibility index (Phi) is 8.24. The van der Waals surface area contributed by atoms with Crippen LogP contribution in [0.2, 0.25) is 5.02 Å². The van der Waals surface area contributed by atoms with E-state index >= 15 is 0 Å². The van der Waals surface area contributed by atoms with Gasteiger partial charge in [-0.2, -0.15) is 0 Å². The molecule has 2 heterocycles. The molecule has 2 amide bonds. The Balaban J connectivity index is 1.97. The number of pyridine rings is 1. The standard InChI is InChI=1S/C27H29ClN4O7S/c1-31(2)24(33)15-29-16-27(19-7-6-12-30-25(19)39-5)20-13-17(28)8-10-21(20)32(26(27)34)40(35,36)23-11-9-18(37-3)14-22(23)38-4/h6-14,29H,15-16H2,1-5H3. The Morgan fingerprint density at radius 1 is 1.05 bits per heavy atom. The first-order chi connectivity index (χ1) is 19.0. The molecule has 1 atom stereocenters. The first-order valence-electron chi connectivity index (χ1n) is 12.0. The van der Waals surface area contributed by atoms with Crippen LogP contribution < -0.4 is 23.8 Å². The molecular formula is C27H29ClN4O7S. The Morgan fingerprint density at radius 2 is 1.80 bits per heavy atom. The quantitative estimate of drug-likeness (QED) is 0.380.